The Morgan fingerprint density at radius 1 is 1.21 bits per heavy atom. The van der Waals surface area contributed by atoms with E-state index in [1.807, 2.05) is 6.92 Å². The molecule has 4 rings (SSSR count). The standard InChI is InChI=1S/C23H27FN2O6S/c1-2-9-25-22(28)12-16-11-19-18-10-15(5-8-20(18)32-23(19)21(13-27)31-16)26-33(29,30)17-6-3-14(24)4-7-17/h3-8,10,16,19,21,23,26-27H,2,9,11-13H2,1H3,(H,25,28)/t16-,19+,21+,23-/m0/s1. The predicted octanol–water partition coefficient (Wildman–Crippen LogP) is 2.54. The number of ether oxygens (including phenoxy) is 2. The highest BCUT2D eigenvalue weighted by Crippen LogP contribution is 2.47. The van der Waals surface area contributed by atoms with Gasteiger partial charge in [0.1, 0.15) is 23.8 Å². The minimum absolute atomic E-state index is 0.0527. The molecule has 0 aromatic heterocycles. The molecule has 178 valence electrons. The van der Waals surface area contributed by atoms with Gasteiger partial charge in [-0.1, -0.05) is 6.92 Å². The summed E-state index contributed by atoms with van der Waals surface area (Å²) in [5.74, 6) is -0.208. The lowest BCUT2D eigenvalue weighted by molar-refractivity contribution is -0.142. The van der Waals surface area contributed by atoms with Gasteiger partial charge in [-0.3, -0.25) is 9.52 Å². The highest BCUT2D eigenvalue weighted by Gasteiger charge is 2.46. The zero-order valence-electron chi connectivity index (χ0n) is 18.2. The van der Waals surface area contributed by atoms with E-state index in [1.165, 1.54) is 12.1 Å². The van der Waals surface area contributed by atoms with Gasteiger partial charge in [0, 0.05) is 23.7 Å². The summed E-state index contributed by atoms with van der Waals surface area (Å²) in [5, 5.41) is 12.7. The Kier molecular flexibility index (Phi) is 6.87. The largest absolute Gasteiger partial charge is 0.487 e. The van der Waals surface area contributed by atoms with Crippen molar-refractivity contribution in [1.29, 1.82) is 0 Å². The lowest BCUT2D eigenvalue weighted by Gasteiger charge is -2.37. The van der Waals surface area contributed by atoms with Crippen LogP contribution in [0, 0.1) is 5.82 Å². The first-order valence-corrected chi connectivity index (χ1v) is 12.4. The van der Waals surface area contributed by atoms with Crippen molar-refractivity contribution in [2.24, 2.45) is 0 Å². The minimum Gasteiger partial charge on any atom is -0.487 e. The van der Waals surface area contributed by atoms with E-state index in [1.54, 1.807) is 18.2 Å². The van der Waals surface area contributed by atoms with Gasteiger partial charge in [0.25, 0.3) is 10.0 Å². The number of hydrogen-bond acceptors (Lipinski definition) is 6. The van der Waals surface area contributed by atoms with Crippen LogP contribution in [0.4, 0.5) is 10.1 Å². The molecule has 4 atom stereocenters. The SMILES string of the molecule is CCCNC(=O)C[C@@H]1C[C@@H]2c3cc(NS(=O)(=O)c4ccc(F)cc4)ccc3O[C@@H]2[C@@H](CO)O1. The topological polar surface area (TPSA) is 114 Å². The van der Waals surface area contributed by atoms with Crippen LogP contribution < -0.4 is 14.8 Å². The molecule has 3 N–H and O–H groups in total. The van der Waals surface area contributed by atoms with Crippen LogP contribution in [-0.4, -0.2) is 50.9 Å². The number of carbonyl (C=O) groups excluding carboxylic acids is 1. The predicted molar refractivity (Wildman–Crippen MR) is 119 cm³/mol. The Bertz CT molecular complexity index is 1110. The summed E-state index contributed by atoms with van der Waals surface area (Å²) in [6.07, 6.45) is 0.0881. The van der Waals surface area contributed by atoms with Gasteiger partial charge < -0.3 is 19.9 Å². The van der Waals surface area contributed by atoms with E-state index >= 15 is 0 Å². The number of benzene rings is 2. The van der Waals surface area contributed by atoms with Crippen LogP contribution in [0.3, 0.4) is 0 Å². The van der Waals surface area contributed by atoms with Gasteiger partial charge in [-0.15, -0.1) is 0 Å². The summed E-state index contributed by atoms with van der Waals surface area (Å²) >= 11 is 0. The first-order valence-electron chi connectivity index (χ1n) is 10.9. The van der Waals surface area contributed by atoms with Crippen LogP contribution in [0.2, 0.25) is 0 Å². The molecule has 2 heterocycles. The molecule has 8 nitrogen and oxygen atoms in total. The van der Waals surface area contributed by atoms with E-state index in [-0.39, 0.29) is 29.7 Å². The quantitative estimate of drug-likeness (QED) is 0.537. The Balaban J connectivity index is 1.53. The summed E-state index contributed by atoms with van der Waals surface area (Å²) < 4.78 is 53.0. The molecule has 0 spiro atoms. The fourth-order valence-electron chi connectivity index (χ4n) is 4.32. The van der Waals surface area contributed by atoms with Crippen molar-refractivity contribution >= 4 is 21.6 Å². The highest BCUT2D eigenvalue weighted by atomic mass is 32.2. The second-order valence-electron chi connectivity index (χ2n) is 8.27. The van der Waals surface area contributed by atoms with Crippen LogP contribution in [0.5, 0.6) is 5.75 Å². The van der Waals surface area contributed by atoms with Crippen molar-refractivity contribution in [2.45, 2.75) is 55.3 Å². The molecule has 0 bridgehead atoms. The van der Waals surface area contributed by atoms with Crippen LogP contribution in [-0.2, 0) is 19.6 Å². The van der Waals surface area contributed by atoms with E-state index in [0.29, 0.717) is 24.4 Å². The highest BCUT2D eigenvalue weighted by molar-refractivity contribution is 7.92. The number of halogens is 1. The average molecular weight is 479 g/mol. The number of carbonyl (C=O) groups is 1. The molecule has 0 unspecified atom stereocenters. The average Bonchev–Trinajstić information content (AvgIpc) is 3.15. The fourth-order valence-corrected chi connectivity index (χ4v) is 5.37. The lowest BCUT2D eigenvalue weighted by Crippen LogP contribution is -2.47. The number of anilines is 1. The van der Waals surface area contributed by atoms with E-state index in [9.17, 15) is 22.7 Å². The van der Waals surface area contributed by atoms with E-state index < -0.39 is 34.2 Å². The molecule has 1 amide bonds. The molecule has 1 saturated heterocycles. The minimum atomic E-state index is -3.90. The van der Waals surface area contributed by atoms with Gasteiger partial charge in [-0.25, -0.2) is 12.8 Å². The van der Waals surface area contributed by atoms with Gasteiger partial charge in [0.15, 0.2) is 0 Å². The fraction of sp³-hybridized carbons (Fsp3) is 0.435. The van der Waals surface area contributed by atoms with E-state index in [4.69, 9.17) is 9.47 Å². The van der Waals surface area contributed by atoms with E-state index in [2.05, 4.69) is 10.0 Å². The van der Waals surface area contributed by atoms with Gasteiger partial charge in [0.05, 0.1) is 24.0 Å². The molecule has 0 aliphatic carbocycles. The summed E-state index contributed by atoms with van der Waals surface area (Å²) in [4.78, 5) is 12.1. The second kappa shape index (κ2) is 9.66. The number of amides is 1. The van der Waals surface area contributed by atoms with Crippen molar-refractivity contribution in [3.63, 3.8) is 0 Å². The summed E-state index contributed by atoms with van der Waals surface area (Å²) in [6, 6.07) is 9.53. The van der Waals surface area contributed by atoms with Crippen molar-refractivity contribution < 1.29 is 32.2 Å². The van der Waals surface area contributed by atoms with Crippen molar-refractivity contribution in [2.75, 3.05) is 17.9 Å². The number of aliphatic hydroxyl groups excluding tert-OH is 1. The number of hydrogen-bond donors (Lipinski definition) is 3. The van der Waals surface area contributed by atoms with Gasteiger partial charge in [-0.2, -0.15) is 0 Å². The number of nitrogens with one attached hydrogen (secondary N) is 2. The smallest absolute Gasteiger partial charge is 0.261 e. The zero-order chi connectivity index (χ0) is 23.6. The summed E-state index contributed by atoms with van der Waals surface area (Å²) in [7, 11) is -3.90. The maximum Gasteiger partial charge on any atom is 0.261 e. The molecule has 2 aromatic rings. The van der Waals surface area contributed by atoms with Gasteiger partial charge in [0.2, 0.25) is 5.91 Å². The van der Waals surface area contributed by atoms with Crippen molar-refractivity contribution in [3.05, 3.63) is 53.8 Å². The molecule has 10 heteroatoms. The third-order valence-electron chi connectivity index (χ3n) is 5.86. The number of aliphatic hydroxyl groups is 1. The molecule has 0 saturated carbocycles. The van der Waals surface area contributed by atoms with Gasteiger partial charge >= 0.3 is 0 Å². The monoisotopic (exact) mass is 478 g/mol. The van der Waals surface area contributed by atoms with Crippen LogP contribution in [0.25, 0.3) is 0 Å². The maximum atomic E-state index is 13.2. The van der Waals surface area contributed by atoms with Crippen LogP contribution >= 0.6 is 0 Å². The van der Waals surface area contributed by atoms with Gasteiger partial charge in [-0.05, 0) is 55.3 Å². The molecule has 2 aliphatic heterocycles. The molecule has 1 fully saturated rings. The molecular weight excluding hydrogens is 451 g/mol. The van der Waals surface area contributed by atoms with Crippen LogP contribution in [0.15, 0.2) is 47.4 Å². The zero-order valence-corrected chi connectivity index (χ0v) is 19.0. The Labute approximate surface area is 192 Å². The first-order chi connectivity index (χ1) is 15.8. The van der Waals surface area contributed by atoms with Crippen molar-refractivity contribution in [1.82, 2.24) is 5.32 Å². The molecule has 2 aliphatic rings. The number of sulfonamides is 1. The van der Waals surface area contributed by atoms with Crippen molar-refractivity contribution in [3.8, 4) is 5.75 Å². The maximum absolute atomic E-state index is 13.2. The third kappa shape index (κ3) is 5.13. The summed E-state index contributed by atoms with van der Waals surface area (Å²) in [5.41, 5.74) is 1.13. The first kappa shape index (κ1) is 23.5. The normalized spacial score (nSPS) is 23.8. The molecular formula is C23H27FN2O6S. The Morgan fingerprint density at radius 2 is 1.97 bits per heavy atom. The Morgan fingerprint density at radius 3 is 2.67 bits per heavy atom. The molecule has 33 heavy (non-hydrogen) atoms. The Hall–Kier alpha value is -2.69. The third-order valence-corrected chi connectivity index (χ3v) is 7.26. The van der Waals surface area contributed by atoms with E-state index in [0.717, 1.165) is 24.1 Å². The molecule has 0 radical (unpaired) electrons. The summed E-state index contributed by atoms with van der Waals surface area (Å²) in [6.45, 7) is 2.30. The second-order valence-corrected chi connectivity index (χ2v) is 9.95. The lowest BCUT2D eigenvalue weighted by atomic mass is 9.84. The van der Waals surface area contributed by atoms with Crippen LogP contribution in [0.1, 0.15) is 37.7 Å². The number of rotatable bonds is 8. The number of fused-ring (bicyclic) bond motifs is 3. The molecule has 2 aromatic carbocycles.